The van der Waals surface area contributed by atoms with Gasteiger partial charge in [0.1, 0.15) is 5.82 Å². The molecule has 0 spiro atoms. The highest BCUT2D eigenvalue weighted by atomic mass is 19.4. The number of alkyl halides is 3. The van der Waals surface area contributed by atoms with Gasteiger partial charge in [0.05, 0.1) is 5.56 Å². The van der Waals surface area contributed by atoms with Crippen molar-refractivity contribution >= 4 is 0 Å². The van der Waals surface area contributed by atoms with Crippen molar-refractivity contribution in [1.29, 1.82) is 0 Å². The molecule has 106 valence electrons. The molecule has 0 aliphatic heterocycles. The summed E-state index contributed by atoms with van der Waals surface area (Å²) in [5, 5.41) is 2.81. The van der Waals surface area contributed by atoms with E-state index in [0.717, 1.165) is 23.8 Å². The Kier molecular flexibility index (Phi) is 5.11. The molecule has 0 bridgehead atoms. The summed E-state index contributed by atoms with van der Waals surface area (Å²) in [7, 11) is 1.56. The molecule has 0 saturated carbocycles. The summed E-state index contributed by atoms with van der Waals surface area (Å²) >= 11 is 0. The SMILES string of the molecule is C=C(C)CCC(NC)c1cc(F)ccc1C(F)(F)F. The Hall–Kier alpha value is -1.36. The van der Waals surface area contributed by atoms with Gasteiger partial charge >= 0.3 is 6.18 Å². The van der Waals surface area contributed by atoms with Gasteiger partial charge in [-0.3, -0.25) is 0 Å². The summed E-state index contributed by atoms with van der Waals surface area (Å²) in [4.78, 5) is 0. The maximum atomic E-state index is 13.2. The molecule has 0 aromatic heterocycles. The smallest absolute Gasteiger partial charge is 0.313 e. The molecule has 0 aliphatic carbocycles. The van der Waals surface area contributed by atoms with Gasteiger partial charge < -0.3 is 5.32 Å². The summed E-state index contributed by atoms with van der Waals surface area (Å²) in [5.74, 6) is -0.668. The molecule has 1 unspecified atom stereocenters. The maximum absolute atomic E-state index is 13.2. The lowest BCUT2D eigenvalue weighted by molar-refractivity contribution is -0.138. The highest BCUT2D eigenvalue weighted by Crippen LogP contribution is 2.36. The van der Waals surface area contributed by atoms with E-state index in [2.05, 4.69) is 11.9 Å². The fraction of sp³-hybridized carbons (Fsp3) is 0.429. The van der Waals surface area contributed by atoms with Crippen molar-refractivity contribution < 1.29 is 17.6 Å². The van der Waals surface area contributed by atoms with Gasteiger partial charge in [-0.05, 0) is 50.6 Å². The lowest BCUT2D eigenvalue weighted by Crippen LogP contribution is -2.21. The zero-order valence-electron chi connectivity index (χ0n) is 10.9. The normalized spacial score (nSPS) is 13.4. The van der Waals surface area contributed by atoms with Gasteiger partial charge in [-0.25, -0.2) is 4.39 Å². The largest absolute Gasteiger partial charge is 0.416 e. The predicted octanol–water partition coefficient (Wildman–Crippen LogP) is 4.46. The monoisotopic (exact) mass is 275 g/mol. The second-order valence-electron chi connectivity index (χ2n) is 4.57. The molecule has 19 heavy (non-hydrogen) atoms. The van der Waals surface area contributed by atoms with Crippen molar-refractivity contribution in [3.63, 3.8) is 0 Å². The molecular formula is C14H17F4N. The first-order valence-electron chi connectivity index (χ1n) is 5.94. The van der Waals surface area contributed by atoms with Gasteiger partial charge in [-0.15, -0.1) is 6.58 Å². The highest BCUT2D eigenvalue weighted by Gasteiger charge is 2.35. The highest BCUT2D eigenvalue weighted by molar-refractivity contribution is 5.33. The molecular weight excluding hydrogens is 258 g/mol. The molecule has 0 fully saturated rings. The van der Waals surface area contributed by atoms with Crippen LogP contribution in [0, 0.1) is 5.82 Å². The van der Waals surface area contributed by atoms with Crippen LogP contribution in [0.2, 0.25) is 0 Å². The fourth-order valence-electron chi connectivity index (χ4n) is 1.93. The van der Waals surface area contributed by atoms with Gasteiger partial charge in [0.2, 0.25) is 0 Å². The third-order valence-corrected chi connectivity index (χ3v) is 2.90. The average Bonchev–Trinajstić information content (AvgIpc) is 2.27. The summed E-state index contributed by atoms with van der Waals surface area (Å²) in [6, 6.07) is 2.01. The number of hydrogen-bond donors (Lipinski definition) is 1. The van der Waals surface area contributed by atoms with Crippen LogP contribution in [0.1, 0.15) is 36.9 Å². The van der Waals surface area contributed by atoms with E-state index in [-0.39, 0.29) is 5.56 Å². The van der Waals surface area contributed by atoms with Crippen LogP contribution in [0.25, 0.3) is 0 Å². The zero-order valence-corrected chi connectivity index (χ0v) is 10.9. The number of rotatable bonds is 5. The zero-order chi connectivity index (χ0) is 14.6. The third kappa shape index (κ3) is 4.35. The van der Waals surface area contributed by atoms with Crippen LogP contribution in [-0.4, -0.2) is 7.05 Å². The lowest BCUT2D eigenvalue weighted by Gasteiger charge is -2.21. The topological polar surface area (TPSA) is 12.0 Å². The number of allylic oxidation sites excluding steroid dienone is 1. The summed E-state index contributed by atoms with van der Waals surface area (Å²) < 4.78 is 51.9. The molecule has 1 atom stereocenters. The van der Waals surface area contributed by atoms with Crippen LogP contribution in [0.15, 0.2) is 30.4 Å². The van der Waals surface area contributed by atoms with Crippen molar-refractivity contribution in [2.45, 2.75) is 32.0 Å². The molecule has 5 heteroatoms. The minimum absolute atomic E-state index is 0.0590. The van der Waals surface area contributed by atoms with Gasteiger partial charge in [-0.2, -0.15) is 13.2 Å². The van der Waals surface area contributed by atoms with E-state index in [1.807, 2.05) is 6.92 Å². The van der Waals surface area contributed by atoms with Crippen LogP contribution in [0.5, 0.6) is 0 Å². The van der Waals surface area contributed by atoms with Crippen molar-refractivity contribution in [2.75, 3.05) is 7.05 Å². The Bertz CT molecular complexity index is 451. The first-order valence-corrected chi connectivity index (χ1v) is 5.94. The van der Waals surface area contributed by atoms with Crippen LogP contribution < -0.4 is 5.32 Å². The van der Waals surface area contributed by atoms with Gasteiger partial charge in [0.15, 0.2) is 0 Å². The number of nitrogens with one attached hydrogen (secondary N) is 1. The summed E-state index contributed by atoms with van der Waals surface area (Å²) in [6.45, 7) is 5.53. The first-order chi connectivity index (χ1) is 8.75. The quantitative estimate of drug-likeness (QED) is 0.618. The third-order valence-electron chi connectivity index (χ3n) is 2.90. The fourth-order valence-corrected chi connectivity index (χ4v) is 1.93. The molecule has 0 aliphatic rings. The average molecular weight is 275 g/mol. The first kappa shape index (κ1) is 15.7. The van der Waals surface area contributed by atoms with Crippen LogP contribution >= 0.6 is 0 Å². The Labute approximate surface area is 110 Å². The number of hydrogen-bond acceptors (Lipinski definition) is 1. The molecule has 1 N–H and O–H groups in total. The van der Waals surface area contributed by atoms with E-state index in [0.29, 0.717) is 12.8 Å². The minimum atomic E-state index is -4.48. The molecule has 1 rings (SSSR count). The maximum Gasteiger partial charge on any atom is 0.416 e. The molecule has 0 saturated heterocycles. The van der Waals surface area contributed by atoms with Gasteiger partial charge in [0.25, 0.3) is 0 Å². The molecule has 1 aromatic carbocycles. The van der Waals surface area contributed by atoms with Crippen LogP contribution in [0.4, 0.5) is 17.6 Å². The van der Waals surface area contributed by atoms with Gasteiger partial charge in [0, 0.05) is 6.04 Å². The second-order valence-corrected chi connectivity index (χ2v) is 4.57. The number of halogens is 4. The van der Waals surface area contributed by atoms with Crippen molar-refractivity contribution in [3.8, 4) is 0 Å². The van der Waals surface area contributed by atoms with Crippen LogP contribution in [0.3, 0.4) is 0 Å². The van der Waals surface area contributed by atoms with E-state index in [1.54, 1.807) is 7.05 Å². The van der Waals surface area contributed by atoms with E-state index >= 15 is 0 Å². The Morgan fingerprint density at radius 2 is 2.00 bits per heavy atom. The minimum Gasteiger partial charge on any atom is -0.313 e. The lowest BCUT2D eigenvalue weighted by atomic mass is 9.95. The molecule has 0 heterocycles. The Morgan fingerprint density at radius 1 is 1.37 bits per heavy atom. The van der Waals surface area contributed by atoms with Crippen molar-refractivity contribution in [2.24, 2.45) is 0 Å². The van der Waals surface area contributed by atoms with E-state index < -0.39 is 23.6 Å². The predicted molar refractivity (Wildman–Crippen MR) is 67.3 cm³/mol. The number of benzene rings is 1. The molecule has 1 nitrogen and oxygen atoms in total. The Balaban J connectivity index is 3.14. The van der Waals surface area contributed by atoms with Crippen molar-refractivity contribution in [3.05, 3.63) is 47.3 Å². The summed E-state index contributed by atoms with van der Waals surface area (Å²) in [6.07, 6.45) is -3.46. The van der Waals surface area contributed by atoms with Crippen LogP contribution in [-0.2, 0) is 6.18 Å². The molecule has 0 amide bonds. The standard InChI is InChI=1S/C14H17F4N/c1-9(2)4-7-13(19-3)11-8-10(15)5-6-12(11)14(16,17)18/h5-6,8,13,19H,1,4,7H2,2-3H3. The van der Waals surface area contributed by atoms with E-state index in [4.69, 9.17) is 0 Å². The Morgan fingerprint density at radius 3 is 2.47 bits per heavy atom. The van der Waals surface area contributed by atoms with Crippen molar-refractivity contribution in [1.82, 2.24) is 5.32 Å². The van der Waals surface area contributed by atoms with Gasteiger partial charge in [-0.1, -0.05) is 5.57 Å². The molecule has 0 radical (unpaired) electrons. The summed E-state index contributed by atoms with van der Waals surface area (Å²) in [5.41, 5.74) is 0.0245. The molecule has 1 aromatic rings. The van der Waals surface area contributed by atoms with E-state index in [1.165, 1.54) is 0 Å². The van der Waals surface area contributed by atoms with E-state index in [9.17, 15) is 17.6 Å². The second kappa shape index (κ2) is 6.19.